The van der Waals surface area contributed by atoms with Crippen LogP contribution in [-0.4, -0.2) is 41.7 Å². The molecule has 0 aliphatic heterocycles. The summed E-state index contributed by atoms with van der Waals surface area (Å²) in [6, 6.07) is 7.61. The molecule has 5 heteroatoms. The molecule has 0 saturated heterocycles. The van der Waals surface area contributed by atoms with Gasteiger partial charge in [0.05, 0.1) is 5.75 Å². The largest absolute Gasteiger partial charge is 0.478 e. The molecule has 1 aromatic carbocycles. The van der Waals surface area contributed by atoms with Crippen LogP contribution in [0.3, 0.4) is 0 Å². The zero-order valence-electron chi connectivity index (χ0n) is 11.0. The molecule has 0 bridgehead atoms. The van der Waals surface area contributed by atoms with Crippen molar-refractivity contribution in [2.45, 2.75) is 5.75 Å². The minimum atomic E-state index is -0.957. The minimum Gasteiger partial charge on any atom is -0.478 e. The van der Waals surface area contributed by atoms with Crippen LogP contribution in [0.1, 0.15) is 11.1 Å². The maximum Gasteiger partial charge on any atom is 0.328 e. The Morgan fingerprint density at radius 1 is 1.26 bits per heavy atom. The van der Waals surface area contributed by atoms with Gasteiger partial charge in [0.25, 0.3) is 0 Å². The number of hydrogen-bond donors (Lipinski definition) is 1. The maximum absolute atomic E-state index is 11.4. The summed E-state index contributed by atoms with van der Waals surface area (Å²) in [6.45, 7) is 0. The summed E-state index contributed by atoms with van der Waals surface area (Å²) < 4.78 is 0. The van der Waals surface area contributed by atoms with E-state index in [9.17, 15) is 9.59 Å². The van der Waals surface area contributed by atoms with Gasteiger partial charge >= 0.3 is 5.97 Å². The van der Waals surface area contributed by atoms with Gasteiger partial charge in [-0.15, -0.1) is 11.8 Å². The first kappa shape index (κ1) is 15.3. The first-order valence-corrected chi connectivity index (χ1v) is 6.92. The normalized spacial score (nSPS) is 10.6. The van der Waals surface area contributed by atoms with Crippen molar-refractivity contribution < 1.29 is 14.7 Å². The molecule has 4 nitrogen and oxygen atoms in total. The molecule has 1 rings (SSSR count). The molecule has 19 heavy (non-hydrogen) atoms. The Balaban J connectivity index is 2.44. The summed E-state index contributed by atoms with van der Waals surface area (Å²) in [5, 5.41) is 8.52. The van der Waals surface area contributed by atoms with Crippen LogP contribution >= 0.6 is 11.8 Å². The van der Waals surface area contributed by atoms with Crippen molar-refractivity contribution in [1.82, 2.24) is 4.90 Å². The van der Waals surface area contributed by atoms with Crippen molar-refractivity contribution in [2.75, 3.05) is 19.8 Å². The van der Waals surface area contributed by atoms with Crippen LogP contribution < -0.4 is 0 Å². The van der Waals surface area contributed by atoms with Crippen molar-refractivity contribution in [3.8, 4) is 0 Å². The average Bonchev–Trinajstić information content (AvgIpc) is 2.37. The summed E-state index contributed by atoms with van der Waals surface area (Å²) >= 11 is 1.56. The molecule has 1 N–H and O–H groups in total. The fraction of sp³-hybridized carbons (Fsp3) is 0.286. The van der Waals surface area contributed by atoms with E-state index in [-0.39, 0.29) is 5.91 Å². The molecule has 0 aliphatic rings. The van der Waals surface area contributed by atoms with Crippen molar-refractivity contribution in [2.24, 2.45) is 0 Å². The first-order chi connectivity index (χ1) is 8.99. The van der Waals surface area contributed by atoms with E-state index in [0.717, 1.165) is 23.0 Å². The predicted molar refractivity (Wildman–Crippen MR) is 78.0 cm³/mol. The third kappa shape index (κ3) is 6.10. The molecule has 0 fully saturated rings. The Labute approximate surface area is 117 Å². The second-order valence-corrected chi connectivity index (χ2v) is 5.18. The molecule has 0 unspecified atom stereocenters. The van der Waals surface area contributed by atoms with Crippen molar-refractivity contribution >= 4 is 29.7 Å². The number of amides is 1. The predicted octanol–water partition coefficient (Wildman–Crippen LogP) is 2.11. The molecule has 0 spiro atoms. The highest BCUT2D eigenvalue weighted by atomic mass is 32.2. The Morgan fingerprint density at radius 3 is 2.42 bits per heavy atom. The molecular formula is C14H17NO3S. The number of carbonyl (C=O) groups excluding carboxylic acids is 1. The average molecular weight is 279 g/mol. The zero-order valence-corrected chi connectivity index (χ0v) is 11.8. The Kier molecular flexibility index (Phi) is 6.15. The third-order valence-electron chi connectivity index (χ3n) is 2.39. The van der Waals surface area contributed by atoms with E-state index in [0.29, 0.717) is 5.75 Å². The van der Waals surface area contributed by atoms with Gasteiger partial charge in [-0.05, 0) is 17.2 Å². The summed E-state index contributed by atoms with van der Waals surface area (Å²) in [5.41, 5.74) is 1.96. The van der Waals surface area contributed by atoms with E-state index >= 15 is 0 Å². The van der Waals surface area contributed by atoms with Gasteiger partial charge in [-0.3, -0.25) is 4.79 Å². The Hall–Kier alpha value is -1.75. The van der Waals surface area contributed by atoms with E-state index < -0.39 is 5.97 Å². The van der Waals surface area contributed by atoms with Gasteiger partial charge < -0.3 is 10.0 Å². The smallest absolute Gasteiger partial charge is 0.328 e. The lowest BCUT2D eigenvalue weighted by Crippen LogP contribution is -2.23. The van der Waals surface area contributed by atoms with Crippen LogP contribution in [0.15, 0.2) is 30.3 Å². The second kappa shape index (κ2) is 7.63. The topological polar surface area (TPSA) is 57.6 Å². The standard InChI is InChI=1S/C14H17NO3S/c1-15(2)13(16)10-19-9-12-5-3-11(4-6-12)7-8-14(17)18/h3-8H,9-10H2,1-2H3,(H,17,18)/b8-7+. The van der Waals surface area contributed by atoms with E-state index in [1.54, 1.807) is 36.8 Å². The fourth-order valence-corrected chi connectivity index (χ4v) is 2.24. The Morgan fingerprint density at radius 2 is 1.89 bits per heavy atom. The highest BCUT2D eigenvalue weighted by molar-refractivity contribution is 7.99. The van der Waals surface area contributed by atoms with E-state index in [2.05, 4.69) is 0 Å². The number of carboxylic acids is 1. The lowest BCUT2D eigenvalue weighted by molar-refractivity contribution is -0.131. The molecule has 0 heterocycles. The number of rotatable bonds is 6. The van der Waals surface area contributed by atoms with E-state index in [1.807, 2.05) is 24.3 Å². The van der Waals surface area contributed by atoms with Gasteiger partial charge in [0.2, 0.25) is 5.91 Å². The number of carbonyl (C=O) groups is 2. The molecule has 0 radical (unpaired) electrons. The number of carboxylic acid groups (broad SMARTS) is 1. The van der Waals surface area contributed by atoms with Crippen LogP contribution in [-0.2, 0) is 15.3 Å². The molecule has 0 aromatic heterocycles. The highest BCUT2D eigenvalue weighted by Crippen LogP contribution is 2.14. The number of nitrogens with zero attached hydrogens (tertiary/aromatic N) is 1. The van der Waals surface area contributed by atoms with Gasteiger partial charge in [0.1, 0.15) is 0 Å². The molecule has 1 aromatic rings. The van der Waals surface area contributed by atoms with Gasteiger partial charge in [0, 0.05) is 25.9 Å². The maximum atomic E-state index is 11.4. The zero-order chi connectivity index (χ0) is 14.3. The van der Waals surface area contributed by atoms with Crippen LogP contribution in [0.5, 0.6) is 0 Å². The molecule has 0 saturated carbocycles. The SMILES string of the molecule is CN(C)C(=O)CSCc1ccc(/C=C/C(=O)O)cc1. The highest BCUT2D eigenvalue weighted by Gasteiger charge is 2.03. The van der Waals surface area contributed by atoms with E-state index in [4.69, 9.17) is 5.11 Å². The van der Waals surface area contributed by atoms with E-state index in [1.165, 1.54) is 0 Å². The van der Waals surface area contributed by atoms with Crippen molar-refractivity contribution in [3.63, 3.8) is 0 Å². The van der Waals surface area contributed by atoms with Crippen molar-refractivity contribution in [1.29, 1.82) is 0 Å². The van der Waals surface area contributed by atoms with Crippen LogP contribution in [0.2, 0.25) is 0 Å². The summed E-state index contributed by atoms with van der Waals surface area (Å²) in [4.78, 5) is 23.3. The van der Waals surface area contributed by atoms with Crippen molar-refractivity contribution in [3.05, 3.63) is 41.5 Å². The van der Waals surface area contributed by atoms with Gasteiger partial charge in [-0.25, -0.2) is 4.79 Å². The quantitative estimate of drug-likeness (QED) is 0.810. The molecular weight excluding hydrogens is 262 g/mol. The fourth-order valence-electron chi connectivity index (χ4n) is 1.28. The molecule has 0 aliphatic carbocycles. The number of aliphatic carboxylic acids is 1. The first-order valence-electron chi connectivity index (χ1n) is 5.77. The lowest BCUT2D eigenvalue weighted by atomic mass is 10.1. The van der Waals surface area contributed by atoms with Crippen LogP contribution in [0.25, 0.3) is 6.08 Å². The van der Waals surface area contributed by atoms with Crippen LogP contribution in [0, 0.1) is 0 Å². The minimum absolute atomic E-state index is 0.103. The molecule has 102 valence electrons. The summed E-state index contributed by atoms with van der Waals surface area (Å²) in [7, 11) is 3.49. The number of benzene rings is 1. The third-order valence-corrected chi connectivity index (χ3v) is 3.38. The van der Waals surface area contributed by atoms with Crippen LogP contribution in [0.4, 0.5) is 0 Å². The Bertz CT molecular complexity index is 466. The second-order valence-electron chi connectivity index (χ2n) is 4.19. The van der Waals surface area contributed by atoms with Gasteiger partial charge in [-0.1, -0.05) is 24.3 Å². The monoisotopic (exact) mass is 279 g/mol. The lowest BCUT2D eigenvalue weighted by Gasteiger charge is -2.09. The summed E-state index contributed by atoms with van der Waals surface area (Å²) in [6.07, 6.45) is 2.66. The number of hydrogen-bond acceptors (Lipinski definition) is 3. The number of thioether (sulfide) groups is 1. The molecule has 0 atom stereocenters. The van der Waals surface area contributed by atoms with Gasteiger partial charge in [-0.2, -0.15) is 0 Å². The van der Waals surface area contributed by atoms with Gasteiger partial charge in [0.15, 0.2) is 0 Å². The molecule has 1 amide bonds. The summed E-state index contributed by atoms with van der Waals surface area (Å²) in [5.74, 6) is 0.378.